The highest BCUT2D eigenvalue weighted by Gasteiger charge is 2.26. The molecule has 0 amide bonds. The van der Waals surface area contributed by atoms with Gasteiger partial charge in [-0.3, -0.25) is 0 Å². The zero-order valence-corrected chi connectivity index (χ0v) is 14.3. The van der Waals surface area contributed by atoms with Gasteiger partial charge >= 0.3 is 5.69 Å². The first-order valence-electron chi connectivity index (χ1n) is 7.55. The molecule has 0 fully saturated rings. The summed E-state index contributed by atoms with van der Waals surface area (Å²) in [5.74, 6) is 0. The highest BCUT2D eigenvalue weighted by atomic mass is 32.2. The van der Waals surface area contributed by atoms with Crippen molar-refractivity contribution in [1.29, 1.82) is 0 Å². The Hall–Kier alpha value is -2.38. The van der Waals surface area contributed by atoms with Crippen LogP contribution in [0, 0.1) is 0 Å². The fraction of sp³-hybridized carbons (Fsp3) is 0.235. The first-order chi connectivity index (χ1) is 11.3. The van der Waals surface area contributed by atoms with Crippen molar-refractivity contribution >= 4 is 21.1 Å². The Labute approximate surface area is 140 Å². The van der Waals surface area contributed by atoms with Crippen molar-refractivity contribution in [3.8, 4) is 0 Å². The summed E-state index contributed by atoms with van der Waals surface area (Å²) in [6, 6.07) is 14.2. The summed E-state index contributed by atoms with van der Waals surface area (Å²) < 4.78 is 28.1. The second kappa shape index (κ2) is 5.92. The van der Waals surface area contributed by atoms with Crippen LogP contribution in [0.5, 0.6) is 0 Å². The lowest BCUT2D eigenvalue weighted by atomic mass is 9.96. The van der Waals surface area contributed by atoms with Gasteiger partial charge in [-0.05, 0) is 44.0 Å². The van der Waals surface area contributed by atoms with E-state index in [1.807, 2.05) is 44.2 Å². The van der Waals surface area contributed by atoms with E-state index in [0.717, 1.165) is 5.56 Å². The van der Waals surface area contributed by atoms with Crippen molar-refractivity contribution in [1.82, 2.24) is 14.7 Å². The highest BCUT2D eigenvalue weighted by Crippen LogP contribution is 2.19. The van der Waals surface area contributed by atoms with Crippen molar-refractivity contribution < 1.29 is 8.42 Å². The Balaban J connectivity index is 1.87. The van der Waals surface area contributed by atoms with Gasteiger partial charge in [-0.25, -0.2) is 17.9 Å². The lowest BCUT2D eigenvalue weighted by molar-refractivity contribution is 0.450. The van der Waals surface area contributed by atoms with E-state index < -0.39 is 15.6 Å². The van der Waals surface area contributed by atoms with Crippen molar-refractivity contribution in [2.45, 2.75) is 30.7 Å². The monoisotopic (exact) mass is 345 g/mol. The largest absolute Gasteiger partial charge is 0.323 e. The van der Waals surface area contributed by atoms with Gasteiger partial charge in [-0.1, -0.05) is 30.3 Å². The molecule has 0 bridgehead atoms. The third kappa shape index (κ3) is 3.58. The fourth-order valence-corrected chi connectivity index (χ4v) is 4.18. The first-order valence-corrected chi connectivity index (χ1v) is 9.03. The van der Waals surface area contributed by atoms with Crippen molar-refractivity contribution in [2.75, 3.05) is 0 Å². The maximum absolute atomic E-state index is 12.7. The molecular weight excluding hydrogens is 326 g/mol. The minimum atomic E-state index is -3.71. The van der Waals surface area contributed by atoms with E-state index in [9.17, 15) is 13.2 Å². The van der Waals surface area contributed by atoms with Crippen molar-refractivity contribution in [3.63, 3.8) is 0 Å². The molecule has 1 heterocycles. The Kier molecular flexibility index (Phi) is 4.06. The molecule has 0 aliphatic carbocycles. The number of hydrogen-bond acceptors (Lipinski definition) is 3. The quantitative estimate of drug-likeness (QED) is 0.661. The number of imidazole rings is 1. The van der Waals surface area contributed by atoms with Crippen molar-refractivity contribution in [3.05, 3.63) is 64.6 Å². The number of rotatable bonds is 5. The van der Waals surface area contributed by atoms with Crippen LogP contribution in [0.4, 0.5) is 0 Å². The summed E-state index contributed by atoms with van der Waals surface area (Å²) in [5, 5.41) is 0. The van der Waals surface area contributed by atoms with Gasteiger partial charge in [0.2, 0.25) is 10.0 Å². The molecule has 3 aromatic rings. The second-order valence-corrected chi connectivity index (χ2v) is 8.12. The van der Waals surface area contributed by atoms with Gasteiger partial charge in [0.05, 0.1) is 15.9 Å². The Morgan fingerprint density at radius 1 is 1.00 bits per heavy atom. The Morgan fingerprint density at radius 3 is 2.38 bits per heavy atom. The smallest absolute Gasteiger partial charge is 0.306 e. The van der Waals surface area contributed by atoms with Crippen LogP contribution in [0.3, 0.4) is 0 Å². The number of benzene rings is 2. The zero-order valence-electron chi connectivity index (χ0n) is 13.5. The number of aromatic nitrogens is 2. The van der Waals surface area contributed by atoms with Gasteiger partial charge in [0.25, 0.3) is 0 Å². The predicted octanol–water partition coefficient (Wildman–Crippen LogP) is 2.16. The number of sulfonamides is 1. The molecule has 0 saturated carbocycles. The minimum Gasteiger partial charge on any atom is -0.306 e. The third-order valence-corrected chi connectivity index (χ3v) is 5.39. The number of H-pyrrole nitrogens is 2. The molecule has 3 N–H and O–H groups in total. The van der Waals surface area contributed by atoms with E-state index in [1.165, 1.54) is 12.1 Å². The molecule has 126 valence electrons. The summed E-state index contributed by atoms with van der Waals surface area (Å²) in [4.78, 5) is 16.6. The van der Waals surface area contributed by atoms with Crippen LogP contribution in [0.1, 0.15) is 19.4 Å². The summed E-state index contributed by atoms with van der Waals surface area (Å²) >= 11 is 0. The molecule has 0 radical (unpaired) electrons. The SMILES string of the molecule is CC(C)(Cc1ccccc1)NS(=O)(=O)c1ccc2[nH]c(=O)[nH]c2c1. The van der Waals surface area contributed by atoms with Gasteiger partial charge < -0.3 is 9.97 Å². The molecule has 0 saturated heterocycles. The molecule has 6 nitrogen and oxygen atoms in total. The molecule has 0 atom stereocenters. The number of fused-ring (bicyclic) bond motifs is 1. The molecular formula is C17H19N3O3S. The predicted molar refractivity (Wildman–Crippen MR) is 93.5 cm³/mol. The third-order valence-electron chi connectivity index (χ3n) is 3.70. The minimum absolute atomic E-state index is 0.117. The van der Waals surface area contributed by atoms with Crippen LogP contribution in [-0.2, 0) is 16.4 Å². The maximum Gasteiger partial charge on any atom is 0.323 e. The first kappa shape index (κ1) is 16.5. The lowest BCUT2D eigenvalue weighted by Crippen LogP contribution is -2.44. The standard InChI is InChI=1S/C17H19N3O3S/c1-17(2,11-12-6-4-3-5-7-12)20-24(22,23)13-8-9-14-15(10-13)19-16(21)18-14/h3-10,20H,11H2,1-2H3,(H2,18,19,21). The van der Waals surface area contributed by atoms with E-state index in [4.69, 9.17) is 0 Å². The van der Waals surface area contributed by atoms with Gasteiger partial charge in [-0.2, -0.15) is 0 Å². The lowest BCUT2D eigenvalue weighted by Gasteiger charge is -2.26. The van der Waals surface area contributed by atoms with Gasteiger partial charge in [-0.15, -0.1) is 0 Å². The molecule has 0 spiro atoms. The van der Waals surface area contributed by atoms with Crippen LogP contribution >= 0.6 is 0 Å². The normalized spacial score (nSPS) is 12.6. The van der Waals surface area contributed by atoms with Crippen LogP contribution in [0.15, 0.2) is 58.2 Å². The molecule has 0 aliphatic heterocycles. The van der Waals surface area contributed by atoms with Gasteiger partial charge in [0.1, 0.15) is 0 Å². The summed E-state index contributed by atoms with van der Waals surface area (Å²) in [6.07, 6.45) is 0.566. The Morgan fingerprint density at radius 2 is 1.67 bits per heavy atom. The van der Waals surface area contributed by atoms with E-state index in [2.05, 4.69) is 14.7 Å². The summed E-state index contributed by atoms with van der Waals surface area (Å²) in [5.41, 5.74) is 1.07. The average Bonchev–Trinajstić information content (AvgIpc) is 2.85. The van der Waals surface area contributed by atoms with Crippen LogP contribution in [0.25, 0.3) is 11.0 Å². The maximum atomic E-state index is 12.7. The number of hydrogen-bond donors (Lipinski definition) is 3. The zero-order chi connectivity index (χ0) is 17.4. The number of nitrogens with one attached hydrogen (secondary N) is 3. The molecule has 3 rings (SSSR count). The van der Waals surface area contributed by atoms with E-state index in [-0.39, 0.29) is 10.6 Å². The summed E-state index contributed by atoms with van der Waals surface area (Å²) in [6.45, 7) is 3.68. The van der Waals surface area contributed by atoms with Crippen molar-refractivity contribution in [2.24, 2.45) is 0 Å². The topological polar surface area (TPSA) is 94.8 Å². The summed E-state index contributed by atoms with van der Waals surface area (Å²) in [7, 11) is -3.71. The Bertz CT molecular complexity index is 1020. The molecule has 2 aromatic carbocycles. The van der Waals surface area contributed by atoms with E-state index in [0.29, 0.717) is 17.5 Å². The van der Waals surface area contributed by atoms with Gasteiger partial charge in [0.15, 0.2) is 0 Å². The number of aromatic amines is 2. The van der Waals surface area contributed by atoms with E-state index >= 15 is 0 Å². The van der Waals surface area contributed by atoms with Gasteiger partial charge in [0, 0.05) is 5.54 Å². The van der Waals surface area contributed by atoms with Crippen LogP contribution in [0.2, 0.25) is 0 Å². The molecule has 0 unspecified atom stereocenters. The highest BCUT2D eigenvalue weighted by molar-refractivity contribution is 7.89. The molecule has 24 heavy (non-hydrogen) atoms. The second-order valence-electron chi connectivity index (χ2n) is 6.44. The van der Waals surface area contributed by atoms with E-state index in [1.54, 1.807) is 6.07 Å². The molecule has 1 aromatic heterocycles. The average molecular weight is 345 g/mol. The molecule has 0 aliphatic rings. The van der Waals surface area contributed by atoms with Crippen LogP contribution in [-0.4, -0.2) is 23.9 Å². The fourth-order valence-electron chi connectivity index (χ4n) is 2.74. The van der Waals surface area contributed by atoms with Crippen LogP contribution < -0.4 is 10.4 Å². The molecule has 7 heteroatoms.